The van der Waals surface area contributed by atoms with Crippen molar-refractivity contribution >= 4 is 5.96 Å². The number of piperidine rings is 1. The molecule has 4 nitrogen and oxygen atoms in total. The fourth-order valence-corrected chi connectivity index (χ4v) is 4.09. The van der Waals surface area contributed by atoms with Crippen LogP contribution >= 0.6 is 0 Å². The topological polar surface area (TPSA) is 30.9 Å². The maximum atomic E-state index is 4.96. The third-order valence-corrected chi connectivity index (χ3v) is 5.59. The lowest BCUT2D eigenvalue weighted by Crippen LogP contribution is -2.42. The van der Waals surface area contributed by atoms with E-state index < -0.39 is 0 Å². The first kappa shape index (κ1) is 18.6. The van der Waals surface area contributed by atoms with Crippen molar-refractivity contribution in [1.82, 2.24) is 15.1 Å². The Morgan fingerprint density at radius 1 is 1.17 bits per heavy atom. The van der Waals surface area contributed by atoms with E-state index in [0.717, 1.165) is 43.3 Å². The highest BCUT2D eigenvalue weighted by molar-refractivity contribution is 5.79. The zero-order chi connectivity index (χ0) is 16.7. The Balaban J connectivity index is 1.84. The van der Waals surface area contributed by atoms with Crippen molar-refractivity contribution in [2.24, 2.45) is 22.7 Å². The summed E-state index contributed by atoms with van der Waals surface area (Å²) in [5.74, 6) is 3.62. The van der Waals surface area contributed by atoms with Crippen molar-refractivity contribution in [1.29, 1.82) is 0 Å². The van der Waals surface area contributed by atoms with Gasteiger partial charge in [-0.3, -0.25) is 4.99 Å². The molecule has 2 fully saturated rings. The molecule has 4 heteroatoms. The Bertz CT molecular complexity index is 360. The van der Waals surface area contributed by atoms with Crippen LogP contribution in [-0.4, -0.2) is 62.6 Å². The second kappa shape index (κ2) is 9.51. The summed E-state index contributed by atoms with van der Waals surface area (Å²) >= 11 is 0. The van der Waals surface area contributed by atoms with E-state index in [1.54, 1.807) is 0 Å². The van der Waals surface area contributed by atoms with Gasteiger partial charge in [-0.05, 0) is 64.0 Å². The van der Waals surface area contributed by atoms with Gasteiger partial charge in [0.25, 0.3) is 0 Å². The number of hydrogen-bond donors (Lipinski definition) is 1. The number of guanidine groups is 1. The standard InChI is InChI=1S/C19H38N4/c1-5-20-19(21-13-18-7-6-12-22(3)14-18)23(4)15-17-10-8-16(2)9-11-17/h16-18H,5-15H2,1-4H3,(H,20,21). The molecule has 1 aliphatic heterocycles. The monoisotopic (exact) mass is 322 g/mol. The van der Waals surface area contributed by atoms with Crippen LogP contribution in [0.2, 0.25) is 0 Å². The Kier molecular flexibility index (Phi) is 7.68. The minimum absolute atomic E-state index is 0.728. The molecule has 1 saturated carbocycles. The van der Waals surface area contributed by atoms with Crippen molar-refractivity contribution in [3.63, 3.8) is 0 Å². The summed E-state index contributed by atoms with van der Waals surface area (Å²) < 4.78 is 0. The van der Waals surface area contributed by atoms with Gasteiger partial charge in [-0.2, -0.15) is 0 Å². The number of hydrogen-bond acceptors (Lipinski definition) is 2. The van der Waals surface area contributed by atoms with Crippen molar-refractivity contribution in [2.45, 2.75) is 52.4 Å². The minimum atomic E-state index is 0.728. The average molecular weight is 323 g/mol. The number of nitrogens with one attached hydrogen (secondary N) is 1. The fraction of sp³-hybridized carbons (Fsp3) is 0.947. The molecular weight excluding hydrogens is 284 g/mol. The van der Waals surface area contributed by atoms with Gasteiger partial charge < -0.3 is 15.1 Å². The average Bonchev–Trinajstić information content (AvgIpc) is 2.53. The van der Waals surface area contributed by atoms with Crippen molar-refractivity contribution < 1.29 is 0 Å². The van der Waals surface area contributed by atoms with E-state index in [1.807, 2.05) is 0 Å². The summed E-state index contributed by atoms with van der Waals surface area (Å²) in [6.07, 6.45) is 8.23. The minimum Gasteiger partial charge on any atom is -0.357 e. The van der Waals surface area contributed by atoms with Gasteiger partial charge in [-0.15, -0.1) is 0 Å². The van der Waals surface area contributed by atoms with Crippen LogP contribution in [0.4, 0.5) is 0 Å². The molecule has 2 rings (SSSR count). The highest BCUT2D eigenvalue weighted by Gasteiger charge is 2.21. The van der Waals surface area contributed by atoms with Crippen LogP contribution in [0.25, 0.3) is 0 Å². The Morgan fingerprint density at radius 3 is 2.57 bits per heavy atom. The van der Waals surface area contributed by atoms with Gasteiger partial charge in [0.2, 0.25) is 0 Å². The number of rotatable bonds is 5. The Hall–Kier alpha value is -0.770. The number of aliphatic imine (C=N–C) groups is 1. The summed E-state index contributed by atoms with van der Waals surface area (Å²) in [5, 5.41) is 3.49. The highest BCUT2D eigenvalue weighted by Crippen LogP contribution is 2.28. The van der Waals surface area contributed by atoms with Crippen molar-refractivity contribution in [3.05, 3.63) is 0 Å². The zero-order valence-corrected chi connectivity index (χ0v) is 15.9. The van der Waals surface area contributed by atoms with Gasteiger partial charge in [-0.25, -0.2) is 0 Å². The van der Waals surface area contributed by atoms with E-state index >= 15 is 0 Å². The summed E-state index contributed by atoms with van der Waals surface area (Å²) in [5.41, 5.74) is 0. The molecule has 2 aliphatic rings. The lowest BCUT2D eigenvalue weighted by Gasteiger charge is -2.32. The van der Waals surface area contributed by atoms with E-state index in [1.165, 1.54) is 51.6 Å². The maximum absolute atomic E-state index is 4.96. The van der Waals surface area contributed by atoms with Crippen LogP contribution in [-0.2, 0) is 0 Å². The van der Waals surface area contributed by atoms with Crippen LogP contribution < -0.4 is 5.32 Å². The fourth-order valence-electron chi connectivity index (χ4n) is 4.09. The van der Waals surface area contributed by atoms with Gasteiger partial charge in [0, 0.05) is 33.2 Å². The molecule has 134 valence electrons. The number of likely N-dealkylation sites (tertiary alicyclic amines) is 1. The molecule has 1 atom stereocenters. The summed E-state index contributed by atoms with van der Waals surface area (Å²) in [7, 11) is 4.45. The molecule has 23 heavy (non-hydrogen) atoms. The van der Waals surface area contributed by atoms with E-state index in [4.69, 9.17) is 4.99 Å². The second-order valence-electron chi connectivity index (χ2n) is 7.97. The second-order valence-corrected chi connectivity index (χ2v) is 7.97. The van der Waals surface area contributed by atoms with E-state index in [-0.39, 0.29) is 0 Å². The molecule has 1 aliphatic carbocycles. The quantitative estimate of drug-likeness (QED) is 0.623. The van der Waals surface area contributed by atoms with Crippen molar-refractivity contribution in [2.75, 3.05) is 46.8 Å². The summed E-state index contributed by atoms with van der Waals surface area (Å²) in [4.78, 5) is 9.78. The molecule has 1 saturated heterocycles. The number of nitrogens with zero attached hydrogens (tertiary/aromatic N) is 3. The lowest BCUT2D eigenvalue weighted by molar-refractivity contribution is 0.213. The first-order valence-corrected chi connectivity index (χ1v) is 9.76. The molecule has 1 heterocycles. The van der Waals surface area contributed by atoms with Crippen molar-refractivity contribution in [3.8, 4) is 0 Å². The molecule has 1 N–H and O–H groups in total. The zero-order valence-electron chi connectivity index (χ0n) is 15.9. The molecule has 0 aromatic heterocycles. The lowest BCUT2D eigenvalue weighted by atomic mass is 9.83. The maximum Gasteiger partial charge on any atom is 0.193 e. The van der Waals surface area contributed by atoms with Gasteiger partial charge in [-0.1, -0.05) is 19.8 Å². The smallest absolute Gasteiger partial charge is 0.193 e. The molecule has 0 radical (unpaired) electrons. The van der Waals surface area contributed by atoms with E-state index in [9.17, 15) is 0 Å². The summed E-state index contributed by atoms with van der Waals surface area (Å²) in [6.45, 7) is 10.1. The highest BCUT2D eigenvalue weighted by atomic mass is 15.3. The molecule has 0 amide bonds. The molecule has 0 aromatic rings. The van der Waals surface area contributed by atoms with Crippen LogP contribution in [0.5, 0.6) is 0 Å². The van der Waals surface area contributed by atoms with Gasteiger partial charge in [0.05, 0.1) is 0 Å². The third-order valence-electron chi connectivity index (χ3n) is 5.59. The predicted molar refractivity (Wildman–Crippen MR) is 100.0 cm³/mol. The van der Waals surface area contributed by atoms with Crippen LogP contribution in [0.1, 0.15) is 52.4 Å². The van der Waals surface area contributed by atoms with Gasteiger partial charge in [0.1, 0.15) is 0 Å². The van der Waals surface area contributed by atoms with E-state index in [2.05, 4.69) is 43.1 Å². The molecule has 0 bridgehead atoms. The SMILES string of the molecule is CCNC(=NCC1CCCN(C)C1)N(C)CC1CCC(C)CC1. The molecule has 0 spiro atoms. The Morgan fingerprint density at radius 2 is 1.91 bits per heavy atom. The van der Waals surface area contributed by atoms with Crippen LogP contribution in [0, 0.1) is 17.8 Å². The largest absolute Gasteiger partial charge is 0.357 e. The normalized spacial score (nSPS) is 30.3. The van der Waals surface area contributed by atoms with Crippen LogP contribution in [0.3, 0.4) is 0 Å². The van der Waals surface area contributed by atoms with Gasteiger partial charge in [0.15, 0.2) is 5.96 Å². The van der Waals surface area contributed by atoms with Crippen LogP contribution in [0.15, 0.2) is 4.99 Å². The third kappa shape index (κ3) is 6.33. The molecule has 0 aromatic carbocycles. The van der Waals surface area contributed by atoms with Gasteiger partial charge >= 0.3 is 0 Å². The Labute approximate surface area is 143 Å². The predicted octanol–water partition coefficient (Wildman–Crippen LogP) is 3.05. The van der Waals surface area contributed by atoms with E-state index in [0.29, 0.717) is 0 Å². The molecular formula is C19H38N4. The first-order chi connectivity index (χ1) is 11.1. The first-order valence-electron chi connectivity index (χ1n) is 9.76. The molecule has 1 unspecified atom stereocenters. The summed E-state index contributed by atoms with van der Waals surface area (Å²) in [6, 6.07) is 0.